The van der Waals surface area contributed by atoms with Crippen LogP contribution in [0.2, 0.25) is 0 Å². The van der Waals surface area contributed by atoms with Crippen molar-refractivity contribution in [3.8, 4) is 44.8 Å². The first-order valence-corrected chi connectivity index (χ1v) is 18.9. The fourth-order valence-electron chi connectivity index (χ4n) is 9.79. The molecule has 0 radical (unpaired) electrons. The Morgan fingerprint density at radius 2 is 1.04 bits per heavy atom. The average Bonchev–Trinajstić information content (AvgIpc) is 3.98. The normalized spacial score (nSPS) is 12.4. The molecule has 0 amide bonds. The highest BCUT2D eigenvalue weighted by Gasteiger charge is 2.26. The molecule has 3 nitrogen and oxygen atoms in total. The maximum absolute atomic E-state index is 6.49. The molecule has 12 aromatic rings. The zero-order valence-corrected chi connectivity index (χ0v) is 29.6. The highest BCUT2D eigenvalue weighted by Crippen LogP contribution is 2.50. The standard InChI is InChI=1S/C52H30N2O/c1-2-12-31(13-3-1)32-14-10-16-34(28-32)54-44-26-27-47-51(40-20-7-9-23-46(40)55-47)49(44)41-24-25-45-50(52(41)54)39-19-6-8-22-43(39)53(45)35-29-33-15-11-21-38-36-17-4-5-18-37(36)42(30-35)48(33)38/h1-30H. The van der Waals surface area contributed by atoms with Crippen LogP contribution in [0.3, 0.4) is 0 Å². The predicted octanol–water partition coefficient (Wildman–Crippen LogP) is 14.2. The Morgan fingerprint density at radius 1 is 0.327 bits per heavy atom. The summed E-state index contributed by atoms with van der Waals surface area (Å²) in [6.07, 6.45) is 0. The Bertz CT molecular complexity index is 3600. The molecule has 0 atom stereocenters. The fraction of sp³-hybridized carbons (Fsp3) is 0. The number of furan rings is 1. The lowest BCUT2D eigenvalue weighted by atomic mass is 10.0. The smallest absolute Gasteiger partial charge is 0.136 e. The second kappa shape index (κ2) is 10.6. The van der Waals surface area contributed by atoms with Gasteiger partial charge in [-0.2, -0.15) is 0 Å². The van der Waals surface area contributed by atoms with Crippen molar-refractivity contribution < 1.29 is 4.42 Å². The van der Waals surface area contributed by atoms with Gasteiger partial charge in [-0.15, -0.1) is 0 Å². The summed E-state index contributed by atoms with van der Waals surface area (Å²) in [6, 6.07) is 66.5. The van der Waals surface area contributed by atoms with Crippen molar-refractivity contribution in [3.05, 3.63) is 182 Å². The number of aromatic nitrogens is 2. The highest BCUT2D eigenvalue weighted by atomic mass is 16.3. The second-order valence-electron chi connectivity index (χ2n) is 14.8. The van der Waals surface area contributed by atoms with Crippen molar-refractivity contribution in [2.45, 2.75) is 0 Å². The zero-order chi connectivity index (χ0) is 35.8. The molecule has 0 aliphatic heterocycles. The van der Waals surface area contributed by atoms with E-state index in [1.54, 1.807) is 0 Å². The number of rotatable bonds is 3. The molecule has 0 bridgehead atoms. The van der Waals surface area contributed by atoms with E-state index in [2.05, 4.69) is 191 Å². The van der Waals surface area contributed by atoms with Crippen molar-refractivity contribution in [2.24, 2.45) is 0 Å². The lowest BCUT2D eigenvalue weighted by Crippen LogP contribution is -1.96. The average molecular weight is 699 g/mol. The summed E-state index contributed by atoms with van der Waals surface area (Å²) in [5.74, 6) is 0. The van der Waals surface area contributed by atoms with Gasteiger partial charge in [-0.3, -0.25) is 0 Å². The largest absolute Gasteiger partial charge is 0.456 e. The van der Waals surface area contributed by atoms with Crippen molar-refractivity contribution in [2.75, 3.05) is 0 Å². The first kappa shape index (κ1) is 29.1. The molecule has 1 aliphatic carbocycles. The van der Waals surface area contributed by atoms with E-state index in [0.717, 1.165) is 33.1 Å². The van der Waals surface area contributed by atoms with E-state index in [0.29, 0.717) is 0 Å². The van der Waals surface area contributed by atoms with Crippen LogP contribution in [-0.2, 0) is 0 Å². The van der Waals surface area contributed by atoms with Crippen LogP contribution in [0.15, 0.2) is 186 Å². The van der Waals surface area contributed by atoms with Gasteiger partial charge < -0.3 is 13.6 Å². The van der Waals surface area contributed by atoms with Gasteiger partial charge in [0, 0.05) is 43.7 Å². The van der Waals surface area contributed by atoms with Gasteiger partial charge in [-0.05, 0) is 98.8 Å². The summed E-state index contributed by atoms with van der Waals surface area (Å²) in [7, 11) is 0. The first-order valence-electron chi connectivity index (χ1n) is 18.9. The van der Waals surface area contributed by atoms with Gasteiger partial charge >= 0.3 is 0 Å². The number of hydrogen-bond acceptors (Lipinski definition) is 1. The molecule has 3 heteroatoms. The van der Waals surface area contributed by atoms with Crippen LogP contribution < -0.4 is 0 Å². The molecule has 0 N–H and O–H groups in total. The van der Waals surface area contributed by atoms with Crippen LogP contribution in [-0.4, -0.2) is 9.13 Å². The molecule has 0 fully saturated rings. The SMILES string of the molecule is c1ccc(-c2cccc(-n3c4ccc5oc6ccccc6c5c4c4ccc5c(c6ccccc6n5-c5cc6c7c(cccc7c5)-c5ccccc5-6)c43)c2)cc1. The third-order valence-corrected chi connectivity index (χ3v) is 12.0. The van der Waals surface area contributed by atoms with E-state index in [4.69, 9.17) is 4.42 Å². The van der Waals surface area contributed by atoms with E-state index < -0.39 is 0 Å². The summed E-state index contributed by atoms with van der Waals surface area (Å²) in [6.45, 7) is 0. The Balaban J connectivity index is 1.20. The molecule has 0 unspecified atom stereocenters. The molecule has 9 aromatic carbocycles. The van der Waals surface area contributed by atoms with Gasteiger partial charge in [-0.1, -0.05) is 127 Å². The Kier molecular flexibility index (Phi) is 5.63. The van der Waals surface area contributed by atoms with Crippen LogP contribution >= 0.6 is 0 Å². The summed E-state index contributed by atoms with van der Waals surface area (Å²) in [4.78, 5) is 0. The second-order valence-corrected chi connectivity index (χ2v) is 14.8. The molecule has 0 spiro atoms. The molecule has 13 rings (SSSR count). The van der Waals surface area contributed by atoms with E-state index in [1.165, 1.54) is 87.9 Å². The van der Waals surface area contributed by atoms with Crippen LogP contribution in [0.5, 0.6) is 0 Å². The topological polar surface area (TPSA) is 23.0 Å². The molecule has 0 saturated carbocycles. The van der Waals surface area contributed by atoms with Crippen molar-refractivity contribution in [1.29, 1.82) is 0 Å². The molecule has 0 saturated heterocycles. The Labute approximate surface area is 315 Å². The van der Waals surface area contributed by atoms with E-state index in [-0.39, 0.29) is 0 Å². The van der Waals surface area contributed by atoms with Gasteiger partial charge in [0.15, 0.2) is 0 Å². The molecular weight excluding hydrogens is 669 g/mol. The van der Waals surface area contributed by atoms with E-state index in [9.17, 15) is 0 Å². The maximum Gasteiger partial charge on any atom is 0.136 e. The number of benzene rings is 9. The van der Waals surface area contributed by atoms with Gasteiger partial charge in [0.1, 0.15) is 11.2 Å². The van der Waals surface area contributed by atoms with Crippen molar-refractivity contribution in [1.82, 2.24) is 9.13 Å². The number of fused-ring (bicyclic) bond motifs is 14. The minimum atomic E-state index is 0.905. The van der Waals surface area contributed by atoms with Crippen molar-refractivity contribution >= 4 is 76.3 Å². The number of para-hydroxylation sites is 2. The fourth-order valence-corrected chi connectivity index (χ4v) is 9.79. The minimum Gasteiger partial charge on any atom is -0.456 e. The molecular formula is C52H30N2O. The van der Waals surface area contributed by atoms with Crippen LogP contribution in [0.25, 0.3) is 121 Å². The van der Waals surface area contributed by atoms with Crippen LogP contribution in [0.1, 0.15) is 0 Å². The maximum atomic E-state index is 6.49. The monoisotopic (exact) mass is 698 g/mol. The molecule has 3 heterocycles. The molecule has 55 heavy (non-hydrogen) atoms. The molecule has 3 aromatic heterocycles. The van der Waals surface area contributed by atoms with Gasteiger partial charge in [0.05, 0.1) is 22.1 Å². The zero-order valence-electron chi connectivity index (χ0n) is 29.6. The Morgan fingerprint density at radius 3 is 1.95 bits per heavy atom. The van der Waals surface area contributed by atoms with Crippen LogP contribution in [0, 0.1) is 0 Å². The third-order valence-electron chi connectivity index (χ3n) is 12.0. The van der Waals surface area contributed by atoms with Gasteiger partial charge in [0.2, 0.25) is 0 Å². The number of hydrogen-bond donors (Lipinski definition) is 0. The lowest BCUT2D eigenvalue weighted by Gasteiger charge is -2.13. The summed E-state index contributed by atoms with van der Waals surface area (Å²) >= 11 is 0. The highest BCUT2D eigenvalue weighted by molar-refractivity contribution is 6.33. The molecule has 1 aliphatic rings. The third kappa shape index (κ3) is 3.84. The van der Waals surface area contributed by atoms with E-state index in [1.807, 2.05) is 0 Å². The van der Waals surface area contributed by atoms with Crippen LogP contribution in [0.4, 0.5) is 0 Å². The summed E-state index contributed by atoms with van der Waals surface area (Å²) in [5.41, 5.74) is 16.4. The first-order chi connectivity index (χ1) is 27.3. The van der Waals surface area contributed by atoms with Gasteiger partial charge in [0.25, 0.3) is 0 Å². The summed E-state index contributed by atoms with van der Waals surface area (Å²) in [5, 5.41) is 9.78. The van der Waals surface area contributed by atoms with Gasteiger partial charge in [-0.25, -0.2) is 0 Å². The predicted molar refractivity (Wildman–Crippen MR) is 230 cm³/mol. The van der Waals surface area contributed by atoms with E-state index >= 15 is 0 Å². The lowest BCUT2D eigenvalue weighted by molar-refractivity contribution is 0.669. The number of nitrogens with zero attached hydrogens (tertiary/aromatic N) is 2. The molecule has 254 valence electrons. The quantitative estimate of drug-likeness (QED) is 0.180. The summed E-state index contributed by atoms with van der Waals surface area (Å²) < 4.78 is 11.5. The Hall–Kier alpha value is -7.36. The minimum absolute atomic E-state index is 0.905. The van der Waals surface area contributed by atoms with Crippen molar-refractivity contribution in [3.63, 3.8) is 0 Å².